The zero-order valence-electron chi connectivity index (χ0n) is 21.9. The second kappa shape index (κ2) is 11.4. The Kier molecular flexibility index (Phi) is 8.95. The van der Waals surface area contributed by atoms with Gasteiger partial charge in [0.05, 0.1) is 11.3 Å². The first-order valence-corrected chi connectivity index (χ1v) is 13.0. The van der Waals surface area contributed by atoms with Crippen molar-refractivity contribution in [2.75, 3.05) is 32.1 Å². The fourth-order valence-corrected chi connectivity index (χ4v) is 5.48. The van der Waals surface area contributed by atoms with Crippen LogP contribution in [0.5, 0.6) is 5.75 Å². The molecule has 3 rings (SSSR count). The molecule has 10 heteroatoms. The maximum Gasteiger partial charge on any atom is 0.387 e. The SMILES string of the molecule is CCCO[C@@]1(C(=O)O)C[C@@H](C(C)(C)C)CN(Cc2nc(-c3cc(NC)ccc3OC(F)F)sc2C)C1. The number of hydrogen-bond acceptors (Lipinski definition) is 7. The summed E-state index contributed by atoms with van der Waals surface area (Å²) in [4.78, 5) is 20.3. The van der Waals surface area contributed by atoms with Gasteiger partial charge >= 0.3 is 12.6 Å². The summed E-state index contributed by atoms with van der Waals surface area (Å²) in [5.74, 6) is -0.771. The molecule has 7 nitrogen and oxygen atoms in total. The van der Waals surface area contributed by atoms with E-state index in [-0.39, 0.29) is 23.6 Å². The van der Waals surface area contributed by atoms with Crippen LogP contribution in [0.2, 0.25) is 0 Å². The molecule has 1 saturated heterocycles. The van der Waals surface area contributed by atoms with Gasteiger partial charge in [-0.1, -0.05) is 27.7 Å². The van der Waals surface area contributed by atoms with E-state index in [1.165, 1.54) is 17.4 Å². The third-order valence-electron chi connectivity index (χ3n) is 6.71. The number of benzene rings is 1. The second-order valence-corrected chi connectivity index (χ2v) is 11.6. The molecule has 0 spiro atoms. The molecule has 200 valence electrons. The van der Waals surface area contributed by atoms with Crippen LogP contribution in [0.1, 0.15) is 51.1 Å². The highest BCUT2D eigenvalue weighted by Crippen LogP contribution is 2.41. The fraction of sp³-hybridized carbons (Fsp3) is 0.615. The average molecular weight is 526 g/mol. The highest BCUT2D eigenvalue weighted by Gasteiger charge is 2.49. The number of halogens is 2. The Bertz CT molecular complexity index is 1060. The van der Waals surface area contributed by atoms with E-state index in [2.05, 4.69) is 31.0 Å². The van der Waals surface area contributed by atoms with E-state index in [0.29, 0.717) is 30.1 Å². The van der Waals surface area contributed by atoms with E-state index in [1.807, 2.05) is 13.8 Å². The van der Waals surface area contributed by atoms with E-state index in [9.17, 15) is 18.7 Å². The smallest absolute Gasteiger partial charge is 0.387 e. The Labute approximate surface area is 215 Å². The highest BCUT2D eigenvalue weighted by atomic mass is 32.1. The lowest BCUT2D eigenvalue weighted by Crippen LogP contribution is -2.59. The maximum absolute atomic E-state index is 13.0. The molecule has 1 aromatic carbocycles. The summed E-state index contributed by atoms with van der Waals surface area (Å²) < 4.78 is 36.8. The Hall–Kier alpha value is -2.30. The minimum absolute atomic E-state index is 0.0629. The fourth-order valence-electron chi connectivity index (χ4n) is 4.54. The first-order chi connectivity index (χ1) is 16.9. The number of hydrogen-bond donors (Lipinski definition) is 2. The predicted molar refractivity (Wildman–Crippen MR) is 138 cm³/mol. The number of likely N-dealkylation sites (tertiary alicyclic amines) is 1. The molecule has 1 aliphatic rings. The van der Waals surface area contributed by atoms with Crippen molar-refractivity contribution in [1.29, 1.82) is 0 Å². The van der Waals surface area contributed by atoms with Gasteiger partial charge in [-0.15, -0.1) is 11.3 Å². The van der Waals surface area contributed by atoms with Gasteiger partial charge in [0, 0.05) is 43.9 Å². The molecular weight excluding hydrogens is 488 g/mol. The number of alkyl halides is 2. The van der Waals surface area contributed by atoms with Crippen LogP contribution < -0.4 is 10.1 Å². The Balaban J connectivity index is 1.94. The van der Waals surface area contributed by atoms with Crippen molar-refractivity contribution >= 4 is 23.0 Å². The van der Waals surface area contributed by atoms with Crippen LogP contribution in [0, 0.1) is 18.3 Å². The second-order valence-electron chi connectivity index (χ2n) is 10.4. The molecule has 0 amide bonds. The number of rotatable bonds is 10. The predicted octanol–water partition coefficient (Wildman–Crippen LogP) is 5.88. The van der Waals surface area contributed by atoms with Crippen LogP contribution in [0.15, 0.2) is 18.2 Å². The molecule has 1 fully saturated rings. The van der Waals surface area contributed by atoms with Gasteiger partial charge in [-0.2, -0.15) is 8.78 Å². The number of ether oxygens (including phenoxy) is 2. The molecule has 2 N–H and O–H groups in total. The molecule has 36 heavy (non-hydrogen) atoms. The average Bonchev–Trinajstić information content (AvgIpc) is 3.16. The number of thiazole rings is 1. The number of carbonyl (C=O) groups is 1. The van der Waals surface area contributed by atoms with Gasteiger partial charge in [0.2, 0.25) is 0 Å². The number of nitrogens with zero attached hydrogens (tertiary/aromatic N) is 2. The molecule has 0 unspecified atom stereocenters. The summed E-state index contributed by atoms with van der Waals surface area (Å²) in [7, 11) is 1.75. The largest absolute Gasteiger partial charge is 0.479 e. The zero-order valence-corrected chi connectivity index (χ0v) is 22.7. The van der Waals surface area contributed by atoms with Gasteiger partial charge in [0.25, 0.3) is 0 Å². The number of piperidine rings is 1. The third kappa shape index (κ3) is 6.52. The number of anilines is 1. The van der Waals surface area contributed by atoms with Gasteiger partial charge in [0.15, 0.2) is 5.60 Å². The van der Waals surface area contributed by atoms with Crippen LogP contribution >= 0.6 is 11.3 Å². The molecule has 0 saturated carbocycles. The van der Waals surface area contributed by atoms with Crippen LogP contribution in [0.3, 0.4) is 0 Å². The van der Waals surface area contributed by atoms with Gasteiger partial charge in [0.1, 0.15) is 10.8 Å². The first-order valence-electron chi connectivity index (χ1n) is 12.2. The molecule has 1 aliphatic heterocycles. The topological polar surface area (TPSA) is 83.9 Å². The summed E-state index contributed by atoms with van der Waals surface area (Å²) in [6, 6.07) is 4.92. The van der Waals surface area contributed by atoms with E-state index in [0.717, 1.165) is 29.2 Å². The van der Waals surface area contributed by atoms with Crippen LogP contribution in [-0.4, -0.2) is 59.9 Å². The van der Waals surface area contributed by atoms with Crippen LogP contribution in [0.25, 0.3) is 10.6 Å². The van der Waals surface area contributed by atoms with Gasteiger partial charge in [-0.3, -0.25) is 4.90 Å². The van der Waals surface area contributed by atoms with Crippen molar-refractivity contribution in [1.82, 2.24) is 9.88 Å². The van der Waals surface area contributed by atoms with Crippen molar-refractivity contribution < 1.29 is 28.2 Å². The Morgan fingerprint density at radius 1 is 1.39 bits per heavy atom. The van der Waals surface area contributed by atoms with Crippen molar-refractivity contribution in [3.05, 3.63) is 28.8 Å². The molecule has 2 atom stereocenters. The molecule has 0 bridgehead atoms. The van der Waals surface area contributed by atoms with Crippen molar-refractivity contribution in [3.8, 4) is 16.3 Å². The molecule has 0 aliphatic carbocycles. The summed E-state index contributed by atoms with van der Waals surface area (Å²) >= 11 is 1.40. The lowest BCUT2D eigenvalue weighted by molar-refractivity contribution is -0.181. The molecule has 2 aromatic rings. The highest BCUT2D eigenvalue weighted by molar-refractivity contribution is 7.15. The molecule has 0 radical (unpaired) electrons. The van der Waals surface area contributed by atoms with Crippen molar-refractivity contribution in [2.45, 2.75) is 66.2 Å². The minimum Gasteiger partial charge on any atom is -0.479 e. The van der Waals surface area contributed by atoms with E-state index < -0.39 is 18.2 Å². The normalized spacial score (nSPS) is 21.1. The lowest BCUT2D eigenvalue weighted by Gasteiger charge is -2.47. The first kappa shape index (κ1) is 28.3. The van der Waals surface area contributed by atoms with Crippen molar-refractivity contribution in [3.63, 3.8) is 0 Å². The molecule has 2 heterocycles. The quantitative estimate of drug-likeness (QED) is 0.401. The van der Waals surface area contributed by atoms with Gasteiger partial charge in [-0.25, -0.2) is 9.78 Å². The Morgan fingerprint density at radius 2 is 2.11 bits per heavy atom. The number of aryl methyl sites for hydroxylation is 1. The number of aromatic nitrogens is 1. The van der Waals surface area contributed by atoms with Crippen LogP contribution in [-0.2, 0) is 16.1 Å². The third-order valence-corrected chi connectivity index (χ3v) is 7.76. The van der Waals surface area contributed by atoms with Crippen LogP contribution in [0.4, 0.5) is 14.5 Å². The summed E-state index contributed by atoms with van der Waals surface area (Å²) in [6.07, 6.45) is 1.19. The van der Waals surface area contributed by atoms with Gasteiger partial charge in [-0.05, 0) is 49.3 Å². The summed E-state index contributed by atoms with van der Waals surface area (Å²) in [5, 5.41) is 13.8. The standard InChI is InChI=1S/C26H37F2N3O4S/c1-7-10-34-26(23(32)33)12-17(25(3,4)5)13-31(15-26)14-20-16(2)36-22(30-20)19-11-18(29-6)8-9-21(19)35-24(27)28/h8-9,11,17,24,29H,7,10,12-15H2,1-6H3,(H,32,33)/t17-,26+/m1/s1. The van der Waals surface area contributed by atoms with E-state index in [4.69, 9.17) is 14.5 Å². The summed E-state index contributed by atoms with van der Waals surface area (Å²) in [5.41, 5.74) is 0.644. The molecule has 1 aromatic heterocycles. The monoisotopic (exact) mass is 525 g/mol. The Morgan fingerprint density at radius 3 is 2.69 bits per heavy atom. The zero-order chi connectivity index (χ0) is 26.7. The van der Waals surface area contributed by atoms with Crippen molar-refractivity contribution in [2.24, 2.45) is 11.3 Å². The number of aliphatic carboxylic acids is 1. The summed E-state index contributed by atoms with van der Waals surface area (Å²) in [6.45, 7) is 9.13. The number of nitrogens with one attached hydrogen (secondary N) is 1. The maximum atomic E-state index is 13.0. The van der Waals surface area contributed by atoms with E-state index >= 15 is 0 Å². The molecular formula is C26H37F2N3O4S. The minimum atomic E-state index is -2.94. The van der Waals surface area contributed by atoms with Gasteiger partial charge < -0.3 is 19.9 Å². The number of carboxylic acid groups (broad SMARTS) is 1. The lowest BCUT2D eigenvalue weighted by atomic mass is 9.71. The van der Waals surface area contributed by atoms with E-state index in [1.54, 1.807) is 19.2 Å². The number of carboxylic acids is 1.